The standard InChI is InChI=1S/C12H9NO2/c1-15-9-5-4-7-2-3-8-6-10(14)13-12(9)11(7)8/h2-6H,1H3,(H,13,14). The fourth-order valence-corrected chi connectivity index (χ4v) is 2.03. The van der Waals surface area contributed by atoms with Crippen molar-refractivity contribution in [1.82, 2.24) is 4.98 Å². The highest BCUT2D eigenvalue weighted by Crippen LogP contribution is 2.33. The van der Waals surface area contributed by atoms with Crippen LogP contribution in [0.3, 0.4) is 0 Å². The van der Waals surface area contributed by atoms with Crippen molar-refractivity contribution >= 4 is 23.1 Å². The highest BCUT2D eigenvalue weighted by atomic mass is 16.5. The lowest BCUT2D eigenvalue weighted by Gasteiger charge is -2.06. The van der Waals surface area contributed by atoms with E-state index in [2.05, 4.69) is 4.98 Å². The SMILES string of the molecule is COc1ccc2c3c(cc(=O)[nH]c13)C=C2. The molecule has 74 valence electrons. The summed E-state index contributed by atoms with van der Waals surface area (Å²) >= 11 is 0. The van der Waals surface area contributed by atoms with Crippen molar-refractivity contribution in [1.29, 1.82) is 0 Å². The third-order valence-corrected chi connectivity index (χ3v) is 2.69. The largest absolute Gasteiger partial charge is 0.495 e. The zero-order chi connectivity index (χ0) is 10.4. The van der Waals surface area contributed by atoms with Crippen molar-refractivity contribution in [3.63, 3.8) is 0 Å². The Morgan fingerprint density at radius 2 is 2.00 bits per heavy atom. The van der Waals surface area contributed by atoms with Gasteiger partial charge in [-0.05, 0) is 17.2 Å². The van der Waals surface area contributed by atoms with E-state index in [-0.39, 0.29) is 5.56 Å². The number of pyridine rings is 1. The molecule has 15 heavy (non-hydrogen) atoms. The van der Waals surface area contributed by atoms with E-state index in [1.807, 2.05) is 24.3 Å². The molecular formula is C12H9NO2. The lowest BCUT2D eigenvalue weighted by atomic mass is 10.1. The number of hydrogen-bond acceptors (Lipinski definition) is 2. The minimum absolute atomic E-state index is 0.0977. The van der Waals surface area contributed by atoms with Gasteiger partial charge in [0, 0.05) is 11.5 Å². The molecule has 3 heteroatoms. The molecule has 0 bridgehead atoms. The van der Waals surface area contributed by atoms with Crippen LogP contribution in [0.15, 0.2) is 23.0 Å². The first-order valence-electron chi connectivity index (χ1n) is 4.72. The number of aromatic amines is 1. The van der Waals surface area contributed by atoms with Gasteiger partial charge < -0.3 is 9.72 Å². The van der Waals surface area contributed by atoms with Crippen LogP contribution in [-0.2, 0) is 0 Å². The fourth-order valence-electron chi connectivity index (χ4n) is 2.03. The fraction of sp³-hybridized carbons (Fsp3) is 0.0833. The van der Waals surface area contributed by atoms with Crippen LogP contribution in [0.25, 0.3) is 23.1 Å². The topological polar surface area (TPSA) is 42.1 Å². The lowest BCUT2D eigenvalue weighted by molar-refractivity contribution is 0.419. The predicted molar refractivity (Wildman–Crippen MR) is 60.0 cm³/mol. The minimum atomic E-state index is -0.0977. The second-order valence-electron chi connectivity index (χ2n) is 3.53. The second kappa shape index (κ2) is 2.73. The third kappa shape index (κ3) is 1.03. The van der Waals surface area contributed by atoms with Gasteiger partial charge in [-0.2, -0.15) is 0 Å². The summed E-state index contributed by atoms with van der Waals surface area (Å²) in [5.74, 6) is 0.705. The third-order valence-electron chi connectivity index (χ3n) is 2.69. The van der Waals surface area contributed by atoms with Gasteiger partial charge in [0.2, 0.25) is 5.56 Å². The number of H-pyrrole nitrogens is 1. The van der Waals surface area contributed by atoms with Crippen molar-refractivity contribution < 1.29 is 4.74 Å². The van der Waals surface area contributed by atoms with Crippen LogP contribution in [0.5, 0.6) is 5.75 Å². The van der Waals surface area contributed by atoms with Gasteiger partial charge in [0.05, 0.1) is 12.6 Å². The van der Waals surface area contributed by atoms with Crippen LogP contribution in [-0.4, -0.2) is 12.1 Å². The van der Waals surface area contributed by atoms with Gasteiger partial charge in [-0.1, -0.05) is 18.2 Å². The molecular weight excluding hydrogens is 190 g/mol. The zero-order valence-corrected chi connectivity index (χ0v) is 8.20. The monoisotopic (exact) mass is 199 g/mol. The molecule has 0 atom stereocenters. The average Bonchev–Trinajstić information content (AvgIpc) is 2.63. The van der Waals surface area contributed by atoms with Crippen molar-refractivity contribution in [3.05, 3.63) is 39.7 Å². The summed E-state index contributed by atoms with van der Waals surface area (Å²) in [4.78, 5) is 14.2. The minimum Gasteiger partial charge on any atom is -0.495 e. The summed E-state index contributed by atoms with van der Waals surface area (Å²) < 4.78 is 5.22. The van der Waals surface area contributed by atoms with Crippen molar-refractivity contribution in [2.45, 2.75) is 0 Å². The summed E-state index contributed by atoms with van der Waals surface area (Å²) in [7, 11) is 1.60. The molecule has 0 spiro atoms. The van der Waals surface area contributed by atoms with E-state index in [1.54, 1.807) is 13.2 Å². The molecule has 1 aliphatic carbocycles. The summed E-state index contributed by atoms with van der Waals surface area (Å²) in [6.07, 6.45) is 3.96. The highest BCUT2D eigenvalue weighted by Gasteiger charge is 2.13. The maximum Gasteiger partial charge on any atom is 0.249 e. The molecule has 1 N–H and O–H groups in total. The van der Waals surface area contributed by atoms with Crippen LogP contribution in [0, 0.1) is 0 Å². The summed E-state index contributed by atoms with van der Waals surface area (Å²) in [6, 6.07) is 5.47. The van der Waals surface area contributed by atoms with E-state index >= 15 is 0 Å². The Labute approximate surface area is 86.0 Å². The van der Waals surface area contributed by atoms with Crippen LogP contribution < -0.4 is 10.3 Å². The summed E-state index contributed by atoms with van der Waals surface area (Å²) in [5, 5.41) is 1.06. The van der Waals surface area contributed by atoms with Gasteiger partial charge in [0.25, 0.3) is 0 Å². The molecule has 2 aromatic rings. The van der Waals surface area contributed by atoms with Crippen LogP contribution in [0.1, 0.15) is 11.1 Å². The lowest BCUT2D eigenvalue weighted by Crippen LogP contribution is -2.05. The number of rotatable bonds is 1. The molecule has 3 rings (SSSR count). The van der Waals surface area contributed by atoms with Crippen LogP contribution in [0.4, 0.5) is 0 Å². The van der Waals surface area contributed by atoms with E-state index < -0.39 is 0 Å². The smallest absolute Gasteiger partial charge is 0.249 e. The van der Waals surface area contributed by atoms with Gasteiger partial charge in [0.1, 0.15) is 5.75 Å². The molecule has 1 heterocycles. The Hall–Kier alpha value is -2.03. The molecule has 1 aliphatic rings. The quantitative estimate of drug-likeness (QED) is 0.651. The first kappa shape index (κ1) is 8.29. The van der Waals surface area contributed by atoms with E-state index in [9.17, 15) is 4.79 Å². The highest BCUT2D eigenvalue weighted by molar-refractivity contribution is 6.05. The molecule has 0 radical (unpaired) electrons. The first-order valence-corrected chi connectivity index (χ1v) is 4.72. The molecule has 0 aliphatic heterocycles. The molecule has 0 amide bonds. The maximum absolute atomic E-state index is 11.4. The molecule has 3 nitrogen and oxygen atoms in total. The molecule has 0 saturated heterocycles. The van der Waals surface area contributed by atoms with Crippen molar-refractivity contribution in [2.75, 3.05) is 7.11 Å². The second-order valence-corrected chi connectivity index (χ2v) is 3.53. The molecule has 0 fully saturated rings. The maximum atomic E-state index is 11.4. The van der Waals surface area contributed by atoms with E-state index in [1.165, 1.54) is 0 Å². The number of aromatic nitrogens is 1. The Balaban J connectivity index is 2.57. The van der Waals surface area contributed by atoms with Crippen LogP contribution >= 0.6 is 0 Å². The molecule has 1 aromatic carbocycles. The van der Waals surface area contributed by atoms with Crippen molar-refractivity contribution in [3.8, 4) is 5.75 Å². The van der Waals surface area contributed by atoms with E-state index in [0.717, 1.165) is 22.0 Å². The molecule has 1 aromatic heterocycles. The number of benzene rings is 1. The Morgan fingerprint density at radius 1 is 1.20 bits per heavy atom. The Bertz CT molecular complexity index is 638. The van der Waals surface area contributed by atoms with E-state index in [4.69, 9.17) is 4.74 Å². The van der Waals surface area contributed by atoms with E-state index in [0.29, 0.717) is 5.75 Å². The van der Waals surface area contributed by atoms with Gasteiger partial charge >= 0.3 is 0 Å². The summed E-state index contributed by atoms with van der Waals surface area (Å²) in [6.45, 7) is 0. The van der Waals surface area contributed by atoms with Gasteiger partial charge in [-0.25, -0.2) is 0 Å². The van der Waals surface area contributed by atoms with Crippen LogP contribution in [0.2, 0.25) is 0 Å². The number of methoxy groups -OCH3 is 1. The van der Waals surface area contributed by atoms with Gasteiger partial charge in [-0.15, -0.1) is 0 Å². The molecule has 0 unspecified atom stereocenters. The average molecular weight is 199 g/mol. The summed E-state index contributed by atoms with van der Waals surface area (Å²) in [5.41, 5.74) is 2.77. The predicted octanol–water partition coefficient (Wildman–Crippen LogP) is 2.02. The number of ether oxygens (including phenoxy) is 1. The van der Waals surface area contributed by atoms with Gasteiger partial charge in [-0.3, -0.25) is 4.79 Å². The van der Waals surface area contributed by atoms with Gasteiger partial charge in [0.15, 0.2) is 0 Å². The number of hydrogen-bond donors (Lipinski definition) is 1. The number of nitrogens with one attached hydrogen (secondary N) is 1. The Morgan fingerprint density at radius 3 is 2.80 bits per heavy atom. The first-order chi connectivity index (χ1) is 7.29. The normalized spacial score (nSPS) is 12.3. The van der Waals surface area contributed by atoms with Crippen molar-refractivity contribution in [2.24, 2.45) is 0 Å². The molecule has 0 saturated carbocycles. The Kier molecular flexibility index (Phi) is 1.51. The zero-order valence-electron chi connectivity index (χ0n) is 8.20.